The van der Waals surface area contributed by atoms with Gasteiger partial charge in [-0.25, -0.2) is 0 Å². The van der Waals surface area contributed by atoms with Crippen LogP contribution in [-0.4, -0.2) is 45.8 Å². The van der Waals surface area contributed by atoms with E-state index in [0.29, 0.717) is 17.5 Å². The van der Waals surface area contributed by atoms with Gasteiger partial charge in [0.1, 0.15) is 5.01 Å². The third kappa shape index (κ3) is 4.13. The third-order valence-corrected chi connectivity index (χ3v) is 4.86. The first-order valence-corrected chi connectivity index (χ1v) is 8.49. The maximum absolute atomic E-state index is 12.2. The van der Waals surface area contributed by atoms with E-state index in [2.05, 4.69) is 20.4 Å². The largest absolute Gasteiger partial charge is 0.396 e. The first-order valence-electron chi connectivity index (χ1n) is 7.67. The number of carbonyl (C=O) groups is 1. The normalized spacial score (nSPS) is 18.3. The predicted molar refractivity (Wildman–Crippen MR) is 89.5 cm³/mol. The molecule has 1 saturated heterocycles. The number of hydrogen-bond acceptors (Lipinski definition) is 6. The fraction of sp³-hybridized carbons (Fsp3) is 0.438. The number of benzene rings is 1. The number of aliphatic hydroxyl groups is 1. The highest BCUT2D eigenvalue weighted by Gasteiger charge is 2.23. The maximum atomic E-state index is 12.2. The Morgan fingerprint density at radius 1 is 1.39 bits per heavy atom. The molecule has 2 heterocycles. The summed E-state index contributed by atoms with van der Waals surface area (Å²) in [4.78, 5) is 14.4. The number of rotatable bonds is 5. The summed E-state index contributed by atoms with van der Waals surface area (Å²) < 4.78 is 0. The molecule has 1 aromatic carbocycles. The first-order chi connectivity index (χ1) is 11.1. The zero-order chi connectivity index (χ0) is 16.2. The Balaban J connectivity index is 1.58. The van der Waals surface area contributed by atoms with Crippen LogP contribution in [0.25, 0.3) is 0 Å². The zero-order valence-electron chi connectivity index (χ0n) is 13.0. The van der Waals surface area contributed by atoms with E-state index in [4.69, 9.17) is 0 Å². The molecule has 1 aromatic heterocycles. The van der Waals surface area contributed by atoms with Crippen molar-refractivity contribution in [2.45, 2.75) is 19.9 Å². The highest BCUT2D eigenvalue weighted by atomic mass is 32.1. The van der Waals surface area contributed by atoms with Crippen LogP contribution in [0, 0.1) is 12.8 Å². The van der Waals surface area contributed by atoms with Gasteiger partial charge >= 0.3 is 0 Å². The van der Waals surface area contributed by atoms with Gasteiger partial charge in [-0.05, 0) is 37.9 Å². The van der Waals surface area contributed by atoms with Crippen molar-refractivity contribution in [1.29, 1.82) is 0 Å². The Hall–Kier alpha value is -1.83. The minimum atomic E-state index is -0.229. The second-order valence-electron chi connectivity index (χ2n) is 5.89. The molecule has 1 fully saturated rings. The molecule has 2 N–H and O–H groups in total. The van der Waals surface area contributed by atoms with Crippen LogP contribution in [-0.2, 0) is 6.54 Å². The van der Waals surface area contributed by atoms with E-state index in [1.807, 2.05) is 31.2 Å². The van der Waals surface area contributed by atoms with Crippen molar-refractivity contribution in [2.75, 3.05) is 25.0 Å². The molecule has 1 atom stereocenters. The average Bonchev–Trinajstić information content (AvgIpc) is 3.19. The number of amides is 1. The standard InChI is InChI=1S/C16H20N4O2S/c1-11-2-4-13(5-3-11)17-15(22)16-19-18-14(23-16)9-20-7-6-12(8-20)10-21/h2-5,12,21H,6-10H2,1H3,(H,17,22). The quantitative estimate of drug-likeness (QED) is 0.874. The Morgan fingerprint density at radius 2 is 2.17 bits per heavy atom. The molecule has 1 aliphatic rings. The van der Waals surface area contributed by atoms with Crippen molar-refractivity contribution in [1.82, 2.24) is 15.1 Å². The maximum Gasteiger partial charge on any atom is 0.286 e. The summed E-state index contributed by atoms with van der Waals surface area (Å²) in [5.74, 6) is 0.125. The molecule has 3 rings (SSSR count). The molecule has 1 unspecified atom stereocenters. The van der Waals surface area contributed by atoms with E-state index in [9.17, 15) is 9.90 Å². The van der Waals surface area contributed by atoms with Crippen LogP contribution in [0.5, 0.6) is 0 Å². The van der Waals surface area contributed by atoms with E-state index in [1.165, 1.54) is 11.3 Å². The fourth-order valence-electron chi connectivity index (χ4n) is 2.63. The van der Waals surface area contributed by atoms with Crippen LogP contribution in [0.1, 0.15) is 26.8 Å². The van der Waals surface area contributed by atoms with Gasteiger partial charge in [-0.15, -0.1) is 10.2 Å². The van der Waals surface area contributed by atoms with Gasteiger partial charge in [0, 0.05) is 18.8 Å². The highest BCUT2D eigenvalue weighted by Crippen LogP contribution is 2.20. The number of likely N-dealkylation sites (tertiary alicyclic amines) is 1. The average molecular weight is 332 g/mol. The van der Waals surface area contributed by atoms with Gasteiger partial charge in [-0.2, -0.15) is 0 Å². The Morgan fingerprint density at radius 3 is 2.87 bits per heavy atom. The lowest BCUT2D eigenvalue weighted by Gasteiger charge is -2.12. The molecule has 2 aromatic rings. The van der Waals surface area contributed by atoms with Crippen LogP contribution in [0.2, 0.25) is 0 Å². The monoisotopic (exact) mass is 332 g/mol. The molecule has 0 bridgehead atoms. The van der Waals surface area contributed by atoms with Crippen molar-refractivity contribution in [3.05, 3.63) is 39.8 Å². The number of carbonyl (C=O) groups excluding carboxylic acids is 1. The lowest BCUT2D eigenvalue weighted by atomic mass is 10.1. The zero-order valence-corrected chi connectivity index (χ0v) is 13.8. The second-order valence-corrected chi connectivity index (χ2v) is 6.96. The van der Waals surface area contributed by atoms with Crippen molar-refractivity contribution >= 4 is 22.9 Å². The number of nitrogens with one attached hydrogen (secondary N) is 1. The van der Waals surface area contributed by atoms with Crippen molar-refractivity contribution < 1.29 is 9.90 Å². The van der Waals surface area contributed by atoms with Gasteiger partial charge < -0.3 is 10.4 Å². The number of aromatic nitrogens is 2. The second kappa shape index (κ2) is 7.16. The minimum Gasteiger partial charge on any atom is -0.396 e. The molecule has 0 spiro atoms. The van der Waals surface area contributed by atoms with Crippen molar-refractivity contribution in [3.63, 3.8) is 0 Å². The molecule has 0 radical (unpaired) electrons. The summed E-state index contributed by atoms with van der Waals surface area (Å²) in [5, 5.41) is 21.3. The Bertz CT molecular complexity index is 671. The third-order valence-electron chi connectivity index (χ3n) is 3.96. The van der Waals surface area contributed by atoms with Crippen LogP contribution in [0.3, 0.4) is 0 Å². The number of aryl methyl sites for hydroxylation is 1. The summed E-state index contributed by atoms with van der Waals surface area (Å²) in [7, 11) is 0. The number of aliphatic hydroxyl groups excluding tert-OH is 1. The lowest BCUT2D eigenvalue weighted by Crippen LogP contribution is -2.20. The van der Waals surface area contributed by atoms with Crippen LogP contribution < -0.4 is 5.32 Å². The van der Waals surface area contributed by atoms with E-state index in [0.717, 1.165) is 35.8 Å². The van der Waals surface area contributed by atoms with Gasteiger partial charge in [0.05, 0.1) is 6.54 Å². The Labute approximate surface area is 139 Å². The molecule has 0 saturated carbocycles. The Kier molecular flexibility index (Phi) is 5.00. The van der Waals surface area contributed by atoms with Gasteiger partial charge in [0.25, 0.3) is 5.91 Å². The molecule has 7 heteroatoms. The van der Waals surface area contributed by atoms with Gasteiger partial charge in [0.2, 0.25) is 5.01 Å². The summed E-state index contributed by atoms with van der Waals surface area (Å²) in [5.41, 5.74) is 1.90. The van der Waals surface area contributed by atoms with Crippen molar-refractivity contribution in [3.8, 4) is 0 Å². The molecule has 23 heavy (non-hydrogen) atoms. The molecule has 0 aliphatic carbocycles. The molecule has 6 nitrogen and oxygen atoms in total. The van der Waals surface area contributed by atoms with Gasteiger partial charge in [-0.1, -0.05) is 29.0 Å². The van der Waals surface area contributed by atoms with Crippen LogP contribution >= 0.6 is 11.3 Å². The smallest absolute Gasteiger partial charge is 0.286 e. The summed E-state index contributed by atoms with van der Waals surface area (Å²) in [6, 6.07) is 7.64. The molecular weight excluding hydrogens is 312 g/mol. The van der Waals surface area contributed by atoms with Crippen LogP contribution in [0.4, 0.5) is 5.69 Å². The minimum absolute atomic E-state index is 0.229. The number of nitrogens with zero attached hydrogens (tertiary/aromatic N) is 3. The summed E-state index contributed by atoms with van der Waals surface area (Å²) in [6.45, 7) is 4.75. The topological polar surface area (TPSA) is 78.4 Å². The van der Waals surface area contributed by atoms with E-state index in [1.54, 1.807) is 0 Å². The van der Waals surface area contributed by atoms with E-state index >= 15 is 0 Å². The summed E-state index contributed by atoms with van der Waals surface area (Å²) in [6.07, 6.45) is 1.01. The number of anilines is 1. The number of hydrogen-bond donors (Lipinski definition) is 2. The molecule has 1 amide bonds. The van der Waals surface area contributed by atoms with Gasteiger partial charge in [-0.3, -0.25) is 9.69 Å². The molecule has 1 aliphatic heterocycles. The summed E-state index contributed by atoms with van der Waals surface area (Å²) >= 11 is 1.32. The van der Waals surface area contributed by atoms with E-state index < -0.39 is 0 Å². The van der Waals surface area contributed by atoms with Crippen LogP contribution in [0.15, 0.2) is 24.3 Å². The predicted octanol–water partition coefficient (Wildman–Crippen LogP) is 1.91. The fourth-order valence-corrected chi connectivity index (χ4v) is 3.40. The molecular formula is C16H20N4O2S. The highest BCUT2D eigenvalue weighted by molar-refractivity contribution is 7.13. The van der Waals surface area contributed by atoms with E-state index in [-0.39, 0.29) is 12.5 Å². The van der Waals surface area contributed by atoms with Gasteiger partial charge in [0.15, 0.2) is 0 Å². The van der Waals surface area contributed by atoms with Crippen molar-refractivity contribution in [2.24, 2.45) is 5.92 Å². The first kappa shape index (κ1) is 16.0. The molecule has 122 valence electrons. The lowest BCUT2D eigenvalue weighted by molar-refractivity contribution is 0.102. The SMILES string of the molecule is Cc1ccc(NC(=O)c2nnc(CN3CCC(CO)C3)s2)cc1.